The topological polar surface area (TPSA) is 72.0 Å². The van der Waals surface area contributed by atoms with E-state index in [1.807, 2.05) is 43.3 Å². The molecule has 0 fully saturated rings. The van der Waals surface area contributed by atoms with Crippen LogP contribution in [0.1, 0.15) is 26.3 Å². The summed E-state index contributed by atoms with van der Waals surface area (Å²) < 4.78 is 0.642. The third-order valence-corrected chi connectivity index (χ3v) is 5.30. The summed E-state index contributed by atoms with van der Waals surface area (Å²) in [6, 6.07) is 16.4. The van der Waals surface area contributed by atoms with E-state index in [0.29, 0.717) is 20.6 Å². The van der Waals surface area contributed by atoms with E-state index in [1.165, 1.54) is 23.1 Å². The van der Waals surface area contributed by atoms with Gasteiger partial charge >= 0.3 is 0 Å². The van der Waals surface area contributed by atoms with Crippen molar-refractivity contribution in [3.05, 3.63) is 71.3 Å². The van der Waals surface area contributed by atoms with Gasteiger partial charge in [0.2, 0.25) is 5.13 Å². The van der Waals surface area contributed by atoms with Crippen LogP contribution in [-0.4, -0.2) is 27.6 Å². The number of nitrogens with zero attached hydrogens (tertiary/aromatic N) is 2. The SMILES string of the molecule is Cc1cccc(C(=O)Nc2nnc(SCC(=O)c3ccccc3)s2)c1. The predicted molar refractivity (Wildman–Crippen MR) is 101 cm³/mol. The quantitative estimate of drug-likeness (QED) is 0.403. The van der Waals surface area contributed by atoms with Crippen LogP contribution in [0.15, 0.2) is 58.9 Å². The average molecular weight is 369 g/mol. The van der Waals surface area contributed by atoms with E-state index in [4.69, 9.17) is 0 Å². The highest BCUT2D eigenvalue weighted by Gasteiger charge is 2.12. The number of thioether (sulfide) groups is 1. The van der Waals surface area contributed by atoms with Crippen LogP contribution < -0.4 is 5.32 Å². The molecule has 0 bridgehead atoms. The molecule has 0 aliphatic heterocycles. The Balaban J connectivity index is 1.57. The van der Waals surface area contributed by atoms with Gasteiger partial charge in [-0.15, -0.1) is 10.2 Å². The summed E-state index contributed by atoms with van der Waals surface area (Å²) >= 11 is 2.57. The van der Waals surface area contributed by atoms with Gasteiger partial charge in [0.25, 0.3) is 5.91 Å². The molecule has 0 spiro atoms. The summed E-state index contributed by atoms with van der Waals surface area (Å²) in [6.07, 6.45) is 0. The van der Waals surface area contributed by atoms with E-state index < -0.39 is 0 Å². The molecule has 1 heterocycles. The van der Waals surface area contributed by atoms with Crippen LogP contribution in [0.3, 0.4) is 0 Å². The fourth-order valence-electron chi connectivity index (χ4n) is 2.11. The first-order valence-corrected chi connectivity index (χ1v) is 9.34. The third-order valence-electron chi connectivity index (χ3n) is 3.33. The fourth-order valence-corrected chi connectivity index (χ4v) is 3.75. The van der Waals surface area contributed by atoms with Crippen LogP contribution in [-0.2, 0) is 0 Å². The Morgan fingerprint density at radius 2 is 1.80 bits per heavy atom. The van der Waals surface area contributed by atoms with Crippen molar-refractivity contribution in [3.8, 4) is 0 Å². The van der Waals surface area contributed by atoms with Crippen molar-refractivity contribution in [2.45, 2.75) is 11.3 Å². The van der Waals surface area contributed by atoms with Gasteiger partial charge in [0, 0.05) is 11.1 Å². The number of aryl methyl sites for hydroxylation is 1. The molecule has 0 saturated carbocycles. The molecule has 1 aromatic heterocycles. The first kappa shape index (κ1) is 17.3. The van der Waals surface area contributed by atoms with E-state index in [0.717, 1.165) is 5.56 Å². The number of aromatic nitrogens is 2. The first-order chi connectivity index (χ1) is 12.1. The monoisotopic (exact) mass is 369 g/mol. The Morgan fingerprint density at radius 3 is 2.56 bits per heavy atom. The zero-order chi connectivity index (χ0) is 17.6. The van der Waals surface area contributed by atoms with Gasteiger partial charge in [-0.1, -0.05) is 71.1 Å². The molecule has 1 amide bonds. The number of carbonyl (C=O) groups is 2. The lowest BCUT2D eigenvalue weighted by Crippen LogP contribution is -2.11. The smallest absolute Gasteiger partial charge is 0.257 e. The lowest BCUT2D eigenvalue weighted by atomic mass is 10.1. The van der Waals surface area contributed by atoms with Crippen molar-refractivity contribution in [2.24, 2.45) is 0 Å². The van der Waals surface area contributed by atoms with Gasteiger partial charge in [-0.25, -0.2) is 0 Å². The molecule has 0 aliphatic carbocycles. The summed E-state index contributed by atoms with van der Waals surface area (Å²) in [4.78, 5) is 24.3. The van der Waals surface area contributed by atoms with Gasteiger partial charge in [-0.2, -0.15) is 0 Å². The number of Topliss-reactive ketones (excluding diaryl/α,β-unsaturated/α-hetero) is 1. The minimum Gasteiger partial charge on any atom is -0.296 e. The molecule has 126 valence electrons. The van der Waals surface area contributed by atoms with Crippen LogP contribution in [0.4, 0.5) is 5.13 Å². The van der Waals surface area contributed by atoms with E-state index in [2.05, 4.69) is 15.5 Å². The fraction of sp³-hybridized carbons (Fsp3) is 0.111. The zero-order valence-electron chi connectivity index (χ0n) is 13.4. The third kappa shape index (κ3) is 4.74. The molecule has 0 atom stereocenters. The average Bonchev–Trinajstić information content (AvgIpc) is 3.08. The van der Waals surface area contributed by atoms with Gasteiger partial charge in [-0.05, 0) is 19.1 Å². The Hall–Kier alpha value is -2.51. The Morgan fingerprint density at radius 1 is 1.04 bits per heavy atom. The van der Waals surface area contributed by atoms with Gasteiger partial charge in [0.1, 0.15) is 0 Å². The number of hydrogen-bond acceptors (Lipinski definition) is 6. The van der Waals surface area contributed by atoms with E-state index in [-0.39, 0.29) is 17.4 Å². The molecule has 2 aromatic carbocycles. The van der Waals surface area contributed by atoms with Crippen molar-refractivity contribution < 1.29 is 9.59 Å². The maximum absolute atomic E-state index is 12.2. The normalized spacial score (nSPS) is 10.4. The summed E-state index contributed by atoms with van der Waals surface area (Å²) in [5.41, 5.74) is 2.26. The van der Waals surface area contributed by atoms with Crippen molar-refractivity contribution in [1.82, 2.24) is 10.2 Å². The second-order valence-electron chi connectivity index (χ2n) is 5.27. The van der Waals surface area contributed by atoms with Crippen molar-refractivity contribution >= 4 is 39.9 Å². The number of benzene rings is 2. The highest BCUT2D eigenvalue weighted by Crippen LogP contribution is 2.26. The maximum Gasteiger partial charge on any atom is 0.257 e. The highest BCUT2D eigenvalue weighted by molar-refractivity contribution is 8.01. The molecule has 5 nitrogen and oxygen atoms in total. The van der Waals surface area contributed by atoms with Crippen molar-refractivity contribution in [2.75, 3.05) is 11.1 Å². The molecule has 0 saturated heterocycles. The van der Waals surface area contributed by atoms with E-state index >= 15 is 0 Å². The molecule has 3 aromatic rings. The minimum absolute atomic E-state index is 0.0335. The van der Waals surface area contributed by atoms with Crippen molar-refractivity contribution in [1.29, 1.82) is 0 Å². The molecule has 25 heavy (non-hydrogen) atoms. The summed E-state index contributed by atoms with van der Waals surface area (Å²) in [6.45, 7) is 1.93. The molecular formula is C18H15N3O2S2. The largest absolute Gasteiger partial charge is 0.296 e. The summed E-state index contributed by atoms with van der Waals surface area (Å²) in [5.74, 6) is 0.0905. The van der Waals surface area contributed by atoms with Gasteiger partial charge in [0.15, 0.2) is 10.1 Å². The number of carbonyl (C=O) groups excluding carboxylic acids is 2. The van der Waals surface area contributed by atoms with Crippen LogP contribution in [0.2, 0.25) is 0 Å². The lowest BCUT2D eigenvalue weighted by Gasteiger charge is -2.01. The number of nitrogens with one attached hydrogen (secondary N) is 1. The first-order valence-electron chi connectivity index (χ1n) is 7.54. The standard InChI is InChI=1S/C18H15N3O2S2/c1-12-6-5-9-14(10-12)16(23)19-17-20-21-18(25-17)24-11-15(22)13-7-3-2-4-8-13/h2-10H,11H2,1H3,(H,19,20,23). The number of ketones is 1. The number of rotatable bonds is 6. The molecule has 1 N–H and O–H groups in total. The van der Waals surface area contributed by atoms with Crippen LogP contribution in [0.5, 0.6) is 0 Å². The summed E-state index contributed by atoms with van der Waals surface area (Å²) in [5, 5.41) is 11.1. The Labute approximate surface area is 153 Å². The highest BCUT2D eigenvalue weighted by atomic mass is 32.2. The van der Waals surface area contributed by atoms with Crippen LogP contribution in [0.25, 0.3) is 0 Å². The number of anilines is 1. The molecule has 7 heteroatoms. The molecule has 0 unspecified atom stereocenters. The predicted octanol–water partition coefficient (Wildman–Crippen LogP) is 4.07. The molecule has 3 rings (SSSR count). The minimum atomic E-state index is -0.225. The molecular weight excluding hydrogens is 354 g/mol. The number of amides is 1. The van der Waals surface area contributed by atoms with Gasteiger partial charge in [-0.3, -0.25) is 14.9 Å². The Bertz CT molecular complexity index is 894. The van der Waals surface area contributed by atoms with Gasteiger partial charge < -0.3 is 0 Å². The second-order valence-corrected chi connectivity index (χ2v) is 7.47. The molecule has 0 radical (unpaired) electrons. The van der Waals surface area contributed by atoms with Crippen LogP contribution in [0, 0.1) is 6.92 Å². The van der Waals surface area contributed by atoms with Crippen LogP contribution >= 0.6 is 23.1 Å². The Kier molecular flexibility index (Phi) is 5.57. The van der Waals surface area contributed by atoms with Gasteiger partial charge in [0.05, 0.1) is 5.75 Å². The van der Waals surface area contributed by atoms with Crippen molar-refractivity contribution in [3.63, 3.8) is 0 Å². The molecule has 0 aliphatic rings. The van der Waals surface area contributed by atoms with E-state index in [1.54, 1.807) is 18.2 Å². The maximum atomic E-state index is 12.2. The zero-order valence-corrected chi connectivity index (χ0v) is 15.1. The van der Waals surface area contributed by atoms with E-state index in [9.17, 15) is 9.59 Å². The number of hydrogen-bond donors (Lipinski definition) is 1. The second kappa shape index (κ2) is 8.04. The lowest BCUT2D eigenvalue weighted by molar-refractivity contribution is 0.101. The summed E-state index contributed by atoms with van der Waals surface area (Å²) in [7, 11) is 0.